The molecule has 1 saturated heterocycles. The molecule has 0 aromatic heterocycles. The number of amides is 1. The number of piperidine rings is 1. The largest absolute Gasteiger partial charge is 0.481 e. The number of benzene rings is 2. The average Bonchev–Trinajstić information content (AvgIpc) is 2.83. The van der Waals surface area contributed by atoms with Crippen LogP contribution in [0.5, 0.6) is 0 Å². The highest BCUT2D eigenvalue weighted by atomic mass is 35.5. The van der Waals surface area contributed by atoms with Crippen molar-refractivity contribution >= 4 is 44.9 Å². The van der Waals surface area contributed by atoms with Gasteiger partial charge in [0.25, 0.3) is 0 Å². The van der Waals surface area contributed by atoms with Gasteiger partial charge in [-0.25, -0.2) is 8.42 Å². The standard InChI is InChI=1S/C28H35Cl2NO5S/c1-5-28(17-25(32)33)16-24(21-7-6-8-23(30)15-21)26(20-9-11-22(29)12-10-20)31(27(28)34)19(4)13-14-37(35,36)18(2)3/h6-12,15,18-19,24,26H,5,13-14,16-17H2,1-4H3,(H,32,33)/t19-,24+,26+,28+/m0/s1. The minimum absolute atomic E-state index is 0.0666. The summed E-state index contributed by atoms with van der Waals surface area (Å²) in [5.74, 6) is -1.63. The van der Waals surface area contributed by atoms with Crippen LogP contribution in [-0.4, -0.2) is 47.3 Å². The SMILES string of the molecule is CC[C@]1(CC(=O)O)C[C@H](c2cccc(Cl)c2)[C@@H](c2ccc(Cl)cc2)N([C@@H](C)CCS(=O)(=O)C(C)C)C1=O. The third kappa shape index (κ3) is 6.50. The first-order chi connectivity index (χ1) is 17.3. The minimum Gasteiger partial charge on any atom is -0.481 e. The summed E-state index contributed by atoms with van der Waals surface area (Å²) in [4.78, 5) is 28.0. The molecule has 6 nitrogen and oxygen atoms in total. The Hall–Kier alpha value is -2.09. The maximum atomic E-state index is 14.3. The number of carboxylic acids is 1. The summed E-state index contributed by atoms with van der Waals surface area (Å²) in [6, 6.07) is 13.8. The van der Waals surface area contributed by atoms with Gasteiger partial charge in [0.05, 0.1) is 28.9 Å². The van der Waals surface area contributed by atoms with Crippen molar-refractivity contribution in [3.05, 3.63) is 69.7 Å². The van der Waals surface area contributed by atoms with Crippen molar-refractivity contribution in [2.75, 3.05) is 5.75 Å². The van der Waals surface area contributed by atoms with Gasteiger partial charge in [-0.2, -0.15) is 0 Å². The number of carbonyl (C=O) groups is 2. The number of aliphatic carboxylic acids is 1. The first kappa shape index (κ1) is 29.5. The zero-order chi connectivity index (χ0) is 27.5. The van der Waals surface area contributed by atoms with Gasteiger partial charge in [0.1, 0.15) is 0 Å². The smallest absolute Gasteiger partial charge is 0.304 e. The quantitative estimate of drug-likeness (QED) is 0.352. The Bertz CT molecular complexity index is 1230. The van der Waals surface area contributed by atoms with E-state index in [1.165, 1.54) is 0 Å². The number of hydrogen-bond acceptors (Lipinski definition) is 4. The van der Waals surface area contributed by atoms with Crippen LogP contribution < -0.4 is 0 Å². The molecule has 0 bridgehead atoms. The van der Waals surface area contributed by atoms with E-state index in [1.54, 1.807) is 36.9 Å². The van der Waals surface area contributed by atoms with Crippen molar-refractivity contribution in [1.82, 2.24) is 4.90 Å². The molecule has 1 aliphatic heterocycles. The second kappa shape index (κ2) is 11.7. The zero-order valence-electron chi connectivity index (χ0n) is 21.7. The molecule has 0 aliphatic carbocycles. The summed E-state index contributed by atoms with van der Waals surface area (Å²) in [5, 5.41) is 10.4. The van der Waals surface area contributed by atoms with E-state index in [-0.39, 0.29) is 30.4 Å². The lowest BCUT2D eigenvalue weighted by Crippen LogP contribution is -2.56. The number of nitrogens with zero attached hydrogens (tertiary/aromatic N) is 1. The third-order valence-corrected chi connectivity index (χ3v) is 10.4. The van der Waals surface area contributed by atoms with Gasteiger partial charge in [-0.3, -0.25) is 9.59 Å². The van der Waals surface area contributed by atoms with Crippen molar-refractivity contribution in [1.29, 1.82) is 0 Å². The highest BCUT2D eigenvalue weighted by molar-refractivity contribution is 7.91. The second-order valence-corrected chi connectivity index (χ2v) is 13.9. The maximum absolute atomic E-state index is 14.3. The van der Waals surface area contributed by atoms with Crippen molar-refractivity contribution in [2.45, 2.75) is 76.6 Å². The van der Waals surface area contributed by atoms with Gasteiger partial charge in [-0.05, 0) is 75.4 Å². The molecule has 202 valence electrons. The molecule has 1 amide bonds. The van der Waals surface area contributed by atoms with Crippen LogP contribution in [0.2, 0.25) is 10.0 Å². The van der Waals surface area contributed by atoms with Crippen molar-refractivity contribution in [2.24, 2.45) is 5.41 Å². The van der Waals surface area contributed by atoms with Crippen LogP contribution in [0.1, 0.15) is 76.5 Å². The fourth-order valence-corrected chi connectivity index (χ4v) is 6.81. The molecule has 37 heavy (non-hydrogen) atoms. The van der Waals surface area contributed by atoms with Gasteiger partial charge in [-0.1, -0.05) is 54.4 Å². The number of carbonyl (C=O) groups excluding carboxylic acids is 1. The van der Waals surface area contributed by atoms with Crippen molar-refractivity contribution in [3.63, 3.8) is 0 Å². The van der Waals surface area contributed by atoms with Crippen LogP contribution in [0.4, 0.5) is 0 Å². The predicted molar refractivity (Wildman–Crippen MR) is 148 cm³/mol. The third-order valence-electron chi connectivity index (χ3n) is 7.65. The Morgan fingerprint density at radius 2 is 1.73 bits per heavy atom. The molecule has 2 aromatic rings. The number of likely N-dealkylation sites (tertiary alicyclic amines) is 1. The van der Waals surface area contributed by atoms with Crippen LogP contribution in [-0.2, 0) is 19.4 Å². The lowest BCUT2D eigenvalue weighted by Gasteiger charge is -2.52. The Labute approximate surface area is 229 Å². The number of rotatable bonds is 10. The van der Waals surface area contributed by atoms with E-state index >= 15 is 0 Å². The molecule has 1 heterocycles. The molecule has 1 aliphatic rings. The van der Waals surface area contributed by atoms with Crippen LogP contribution in [0.3, 0.4) is 0 Å². The maximum Gasteiger partial charge on any atom is 0.304 e. The van der Waals surface area contributed by atoms with Crippen molar-refractivity contribution in [3.8, 4) is 0 Å². The molecule has 1 fully saturated rings. The van der Waals surface area contributed by atoms with Gasteiger partial charge in [0, 0.05) is 22.0 Å². The van der Waals surface area contributed by atoms with Gasteiger partial charge in [0.2, 0.25) is 5.91 Å². The normalized spacial score (nSPS) is 23.3. The fraction of sp³-hybridized carbons (Fsp3) is 0.500. The molecule has 0 spiro atoms. The van der Waals surface area contributed by atoms with Gasteiger partial charge in [-0.15, -0.1) is 0 Å². The predicted octanol–water partition coefficient (Wildman–Crippen LogP) is 6.52. The first-order valence-corrected chi connectivity index (χ1v) is 15.1. The highest BCUT2D eigenvalue weighted by Crippen LogP contribution is 2.53. The van der Waals surface area contributed by atoms with E-state index in [0.717, 1.165) is 11.1 Å². The molecule has 0 radical (unpaired) electrons. The van der Waals surface area contributed by atoms with Crippen LogP contribution in [0.15, 0.2) is 48.5 Å². The molecule has 4 atom stereocenters. The molecule has 0 unspecified atom stereocenters. The molecular formula is C28H35Cl2NO5S. The monoisotopic (exact) mass is 567 g/mol. The average molecular weight is 569 g/mol. The van der Waals surface area contributed by atoms with E-state index < -0.39 is 38.6 Å². The van der Waals surface area contributed by atoms with Crippen LogP contribution in [0.25, 0.3) is 0 Å². The Balaban J connectivity index is 2.19. The Morgan fingerprint density at radius 3 is 2.27 bits per heavy atom. The van der Waals surface area contributed by atoms with E-state index in [9.17, 15) is 23.1 Å². The summed E-state index contributed by atoms with van der Waals surface area (Å²) in [7, 11) is -3.33. The number of hydrogen-bond donors (Lipinski definition) is 1. The number of sulfone groups is 1. The zero-order valence-corrected chi connectivity index (χ0v) is 24.0. The topological polar surface area (TPSA) is 91.8 Å². The second-order valence-electron chi connectivity index (χ2n) is 10.3. The number of carboxylic acid groups (broad SMARTS) is 1. The Kier molecular flexibility index (Phi) is 9.36. The van der Waals surface area contributed by atoms with Crippen molar-refractivity contribution < 1.29 is 23.1 Å². The summed E-state index contributed by atoms with van der Waals surface area (Å²) in [6.07, 6.45) is 0.609. The minimum atomic E-state index is -3.33. The van der Waals surface area contributed by atoms with E-state index in [1.807, 2.05) is 44.2 Å². The highest BCUT2D eigenvalue weighted by Gasteiger charge is 2.53. The van der Waals surface area contributed by atoms with E-state index in [2.05, 4.69) is 0 Å². The van der Waals surface area contributed by atoms with E-state index in [4.69, 9.17) is 23.2 Å². The summed E-state index contributed by atoms with van der Waals surface area (Å²) in [5.41, 5.74) is 0.615. The lowest BCUT2D eigenvalue weighted by molar-refractivity contribution is -0.162. The summed E-state index contributed by atoms with van der Waals surface area (Å²) in [6.45, 7) is 6.97. The fourth-order valence-electron chi connectivity index (χ4n) is 5.35. The molecule has 1 N–H and O–H groups in total. The van der Waals surface area contributed by atoms with E-state index in [0.29, 0.717) is 22.9 Å². The molecule has 2 aromatic carbocycles. The van der Waals surface area contributed by atoms with Crippen LogP contribution >= 0.6 is 23.2 Å². The molecule has 3 rings (SSSR count). The lowest BCUT2D eigenvalue weighted by atomic mass is 9.65. The molecular weight excluding hydrogens is 533 g/mol. The van der Waals surface area contributed by atoms with Crippen LogP contribution in [0, 0.1) is 5.41 Å². The Morgan fingerprint density at radius 1 is 1.08 bits per heavy atom. The summed E-state index contributed by atoms with van der Waals surface area (Å²) < 4.78 is 25.3. The van der Waals surface area contributed by atoms with Gasteiger partial charge in [0.15, 0.2) is 9.84 Å². The van der Waals surface area contributed by atoms with Gasteiger partial charge >= 0.3 is 5.97 Å². The first-order valence-electron chi connectivity index (χ1n) is 12.6. The van der Waals surface area contributed by atoms with Gasteiger partial charge < -0.3 is 10.0 Å². The summed E-state index contributed by atoms with van der Waals surface area (Å²) >= 11 is 12.5. The molecule has 9 heteroatoms. The number of halogens is 2. The molecule has 0 saturated carbocycles.